The number of rotatable bonds is 7. The average Bonchev–Trinajstić information content (AvgIpc) is 3.15. The number of esters is 2. The molecule has 1 aliphatic rings. The van der Waals surface area contributed by atoms with Crippen LogP contribution in [-0.2, 0) is 14.2 Å². The Morgan fingerprint density at radius 1 is 0.643 bits per heavy atom. The van der Waals surface area contributed by atoms with Gasteiger partial charge in [-0.2, -0.15) is 0 Å². The Kier molecular flexibility index (Phi) is 8.69. The number of benzene rings is 4. The van der Waals surface area contributed by atoms with Crippen molar-refractivity contribution in [3.05, 3.63) is 62.3 Å². The van der Waals surface area contributed by atoms with Gasteiger partial charge in [0.25, 0.3) is 0 Å². The second-order valence-electron chi connectivity index (χ2n) is 12.2. The second-order valence-corrected chi connectivity index (χ2v) is 12.2. The summed E-state index contributed by atoms with van der Waals surface area (Å²) in [7, 11) is 0. The van der Waals surface area contributed by atoms with E-state index in [1.54, 1.807) is 0 Å². The molecule has 1 saturated heterocycles. The number of aromatic hydroxyl groups is 9. The number of aliphatic hydroxyl groups excluding tert-OH is 3. The standard InChI is InChI=1S/C34H24O22/c35-6-16-24(44)28(55-30(46)7-1-10(36)20(40)11(37)2-7)29(34(50)53-16)56-32(48)9-4-13(39)22(42)25(45)26(9)51-15-5-14-18-17-8(31(47)54-27(18)23(15)43)3-12(38)21(41)19(17)33(49)52-14/h1-5,16,24,28-29,34-45,50H,6H2/t16-,24-,28+,29-,34-/m1/s1. The predicted octanol–water partition coefficient (Wildman–Crippen LogP) is 0.454. The molecule has 12 N–H and O–H groups in total. The van der Waals surface area contributed by atoms with Gasteiger partial charge in [0.2, 0.25) is 17.2 Å². The fraction of sp³-hybridized carbons (Fsp3) is 0.176. The molecular weight excluding hydrogens is 760 g/mol. The molecule has 0 aliphatic carbocycles. The van der Waals surface area contributed by atoms with Crippen molar-refractivity contribution in [1.29, 1.82) is 0 Å². The van der Waals surface area contributed by atoms with Crippen LogP contribution in [0.2, 0.25) is 0 Å². The van der Waals surface area contributed by atoms with Crippen LogP contribution in [0.25, 0.3) is 32.7 Å². The minimum absolute atomic E-state index is 0.281. The lowest BCUT2D eigenvalue weighted by Gasteiger charge is -2.41. The monoisotopic (exact) mass is 784 g/mol. The SMILES string of the molecule is O=C(O[C@H]1[C@H](O)[C@@H](CO)O[C@@H](O)[C@@H]1OC(=O)c1cc(O)c(O)c(O)c1Oc1cc2oc(=O)c3c(O)c(O)cc4c(=O)oc(c1O)c2c43)c1cc(O)c(O)c(O)c1. The molecule has 0 unspecified atom stereocenters. The molecule has 6 aromatic rings. The molecule has 2 aromatic heterocycles. The zero-order valence-electron chi connectivity index (χ0n) is 27.4. The summed E-state index contributed by atoms with van der Waals surface area (Å²) in [4.78, 5) is 52.5. The number of phenolic OH excluding ortho intramolecular Hbond substituents is 9. The van der Waals surface area contributed by atoms with Crippen LogP contribution < -0.4 is 16.0 Å². The van der Waals surface area contributed by atoms with E-state index in [-0.39, 0.29) is 10.8 Å². The lowest BCUT2D eigenvalue weighted by atomic mass is 9.98. The van der Waals surface area contributed by atoms with E-state index < -0.39 is 157 Å². The Bertz CT molecular complexity index is 2710. The van der Waals surface area contributed by atoms with Crippen LogP contribution in [-0.4, -0.2) is 111 Å². The number of carbonyl (C=O) groups is 2. The van der Waals surface area contributed by atoms with Crippen molar-refractivity contribution in [2.45, 2.75) is 30.7 Å². The van der Waals surface area contributed by atoms with Gasteiger partial charge in [-0.3, -0.25) is 0 Å². The highest BCUT2D eigenvalue weighted by Gasteiger charge is 2.50. The molecule has 7 rings (SSSR count). The molecule has 1 aliphatic heterocycles. The van der Waals surface area contributed by atoms with Gasteiger partial charge in [0.15, 0.2) is 70.1 Å². The van der Waals surface area contributed by atoms with Gasteiger partial charge in [-0.1, -0.05) is 0 Å². The molecule has 0 spiro atoms. The fourth-order valence-electron chi connectivity index (χ4n) is 6.08. The molecule has 292 valence electrons. The van der Waals surface area contributed by atoms with E-state index in [1.165, 1.54) is 0 Å². The van der Waals surface area contributed by atoms with E-state index in [2.05, 4.69) is 0 Å². The maximum atomic E-state index is 13.7. The lowest BCUT2D eigenvalue weighted by Crippen LogP contribution is -2.61. The van der Waals surface area contributed by atoms with Crippen LogP contribution >= 0.6 is 0 Å². The van der Waals surface area contributed by atoms with E-state index >= 15 is 0 Å². The van der Waals surface area contributed by atoms with Crippen molar-refractivity contribution in [1.82, 2.24) is 0 Å². The minimum Gasteiger partial charge on any atom is -0.504 e. The van der Waals surface area contributed by atoms with Crippen LogP contribution in [0.4, 0.5) is 0 Å². The van der Waals surface area contributed by atoms with Gasteiger partial charge in [-0.25, -0.2) is 19.2 Å². The molecule has 1 fully saturated rings. The van der Waals surface area contributed by atoms with Gasteiger partial charge >= 0.3 is 23.2 Å². The van der Waals surface area contributed by atoms with E-state index in [1.807, 2.05) is 0 Å². The predicted molar refractivity (Wildman–Crippen MR) is 178 cm³/mol. The molecule has 0 amide bonds. The average molecular weight is 785 g/mol. The van der Waals surface area contributed by atoms with Crippen molar-refractivity contribution in [2.75, 3.05) is 6.61 Å². The fourth-order valence-corrected chi connectivity index (χ4v) is 6.08. The van der Waals surface area contributed by atoms with Crippen molar-refractivity contribution >= 4 is 44.6 Å². The van der Waals surface area contributed by atoms with Crippen molar-refractivity contribution in [3.8, 4) is 63.2 Å². The Hall–Kier alpha value is -7.40. The Morgan fingerprint density at radius 3 is 1.93 bits per heavy atom. The normalized spacial score (nSPS) is 19.7. The van der Waals surface area contributed by atoms with Gasteiger partial charge in [0.1, 0.15) is 28.7 Å². The summed E-state index contributed by atoms with van der Waals surface area (Å²) in [6.45, 7) is -0.987. The van der Waals surface area contributed by atoms with Crippen molar-refractivity contribution in [2.24, 2.45) is 0 Å². The van der Waals surface area contributed by atoms with E-state index in [0.29, 0.717) is 18.2 Å². The molecular formula is C34H24O22. The molecule has 22 heteroatoms. The number of ether oxygens (including phenoxy) is 4. The van der Waals surface area contributed by atoms with E-state index in [4.69, 9.17) is 27.8 Å². The summed E-state index contributed by atoms with van der Waals surface area (Å²) < 4.78 is 31.5. The first-order valence-corrected chi connectivity index (χ1v) is 15.6. The maximum absolute atomic E-state index is 13.7. The molecule has 56 heavy (non-hydrogen) atoms. The van der Waals surface area contributed by atoms with Gasteiger partial charge in [-0.15, -0.1) is 0 Å². The van der Waals surface area contributed by atoms with Crippen LogP contribution in [0.3, 0.4) is 0 Å². The lowest BCUT2D eigenvalue weighted by molar-refractivity contribution is -0.285. The summed E-state index contributed by atoms with van der Waals surface area (Å²) in [6.07, 6.45) is -10.4. The zero-order valence-corrected chi connectivity index (χ0v) is 27.4. The molecule has 3 heterocycles. The van der Waals surface area contributed by atoms with Gasteiger partial charge < -0.3 is 89.1 Å². The van der Waals surface area contributed by atoms with Crippen LogP contribution in [0, 0.1) is 0 Å². The first-order chi connectivity index (χ1) is 26.4. The first kappa shape index (κ1) is 36.9. The summed E-state index contributed by atoms with van der Waals surface area (Å²) in [5, 5.41) is 122. The molecule has 0 radical (unpaired) electrons. The molecule has 22 nitrogen and oxygen atoms in total. The van der Waals surface area contributed by atoms with Crippen LogP contribution in [0.5, 0.6) is 63.2 Å². The number of phenols is 9. The first-order valence-electron chi connectivity index (χ1n) is 15.6. The van der Waals surface area contributed by atoms with Crippen LogP contribution in [0.1, 0.15) is 20.7 Å². The molecule has 5 atom stereocenters. The summed E-state index contributed by atoms with van der Waals surface area (Å²) >= 11 is 0. The number of hydrogen-bond acceptors (Lipinski definition) is 22. The Balaban J connectivity index is 1.29. The highest BCUT2D eigenvalue weighted by molar-refractivity contribution is 6.22. The number of aliphatic hydroxyl groups is 3. The highest BCUT2D eigenvalue weighted by Crippen LogP contribution is 2.50. The summed E-state index contributed by atoms with van der Waals surface area (Å²) in [5.74, 6) is -14.9. The minimum atomic E-state index is -2.31. The van der Waals surface area contributed by atoms with E-state index in [0.717, 1.165) is 12.1 Å². The second kappa shape index (κ2) is 13.2. The largest absolute Gasteiger partial charge is 0.504 e. The Morgan fingerprint density at radius 2 is 1.27 bits per heavy atom. The number of carbonyl (C=O) groups excluding carboxylic acids is 2. The highest BCUT2D eigenvalue weighted by atomic mass is 16.7. The van der Waals surface area contributed by atoms with Crippen LogP contribution in [0.15, 0.2) is 48.8 Å². The van der Waals surface area contributed by atoms with Gasteiger partial charge in [0, 0.05) is 17.5 Å². The third-order valence-electron chi connectivity index (χ3n) is 8.78. The topological polar surface area (TPSA) is 374 Å². The van der Waals surface area contributed by atoms with Crippen molar-refractivity contribution in [3.63, 3.8) is 0 Å². The van der Waals surface area contributed by atoms with Crippen molar-refractivity contribution < 1.29 is 98.6 Å². The van der Waals surface area contributed by atoms with Gasteiger partial charge in [-0.05, 0) is 18.2 Å². The summed E-state index contributed by atoms with van der Waals surface area (Å²) in [5.41, 5.74) is -5.42. The number of hydrogen-bond donors (Lipinski definition) is 12. The maximum Gasteiger partial charge on any atom is 0.348 e. The Labute approximate surface area is 306 Å². The quantitative estimate of drug-likeness (QED) is 0.0452. The van der Waals surface area contributed by atoms with Gasteiger partial charge in [0.05, 0.1) is 22.9 Å². The molecule has 0 saturated carbocycles. The van der Waals surface area contributed by atoms with E-state index in [9.17, 15) is 80.5 Å². The zero-order chi connectivity index (χ0) is 40.7. The third kappa shape index (κ3) is 5.68. The molecule has 4 aromatic carbocycles. The smallest absolute Gasteiger partial charge is 0.348 e. The molecule has 0 bridgehead atoms. The summed E-state index contributed by atoms with van der Waals surface area (Å²) in [6, 6.07) is 3.33. The third-order valence-corrected chi connectivity index (χ3v) is 8.78.